The molecule has 3 nitrogen and oxygen atoms in total. The molecule has 2 aromatic rings. The number of H-pyrrole nitrogens is 1. The first-order valence-electron chi connectivity index (χ1n) is 5.23. The first-order chi connectivity index (χ1) is 8.95. The van der Waals surface area contributed by atoms with Gasteiger partial charge in [-0.25, -0.2) is 4.39 Å². The third-order valence-electron chi connectivity index (χ3n) is 2.61. The Hall–Kier alpha value is -1.64. The summed E-state index contributed by atoms with van der Waals surface area (Å²) in [6.45, 7) is 1.66. The number of hydrogen-bond acceptors (Lipinski definition) is 2. The second kappa shape index (κ2) is 5.16. The van der Waals surface area contributed by atoms with Gasteiger partial charge in [0.1, 0.15) is 11.6 Å². The molecule has 0 amide bonds. The Morgan fingerprint density at radius 2 is 2.11 bits per heavy atom. The predicted octanol–water partition coefficient (Wildman–Crippen LogP) is 3.78. The maximum absolute atomic E-state index is 14.1. The molecule has 6 heteroatoms. The number of aryl methyl sites for hydroxylation is 1. The van der Waals surface area contributed by atoms with Crippen LogP contribution in [0.3, 0.4) is 0 Å². The first-order valence-corrected chi connectivity index (χ1v) is 6.40. The van der Waals surface area contributed by atoms with Crippen LogP contribution in [0.4, 0.5) is 4.39 Å². The molecule has 1 N–H and O–H groups in total. The molecule has 0 fully saturated rings. The van der Waals surface area contributed by atoms with Gasteiger partial charge in [-0.15, -0.1) is 0 Å². The second-order valence-corrected chi connectivity index (χ2v) is 5.14. The van der Waals surface area contributed by atoms with Crippen LogP contribution in [-0.2, 0) is 0 Å². The average Bonchev–Trinajstić information content (AvgIpc) is 2.35. The molecule has 0 radical (unpaired) electrons. The number of benzene rings is 1. The van der Waals surface area contributed by atoms with Crippen molar-refractivity contribution in [3.05, 3.63) is 55.1 Å². The van der Waals surface area contributed by atoms with Gasteiger partial charge in [0.15, 0.2) is 5.82 Å². The van der Waals surface area contributed by atoms with Crippen molar-refractivity contribution in [1.29, 1.82) is 5.26 Å². The van der Waals surface area contributed by atoms with E-state index in [1.54, 1.807) is 25.1 Å². The molecule has 96 valence electrons. The Balaban J connectivity index is 2.84. The lowest BCUT2D eigenvalue weighted by atomic mass is 10.0. The summed E-state index contributed by atoms with van der Waals surface area (Å²) < 4.78 is 14.6. The lowest BCUT2D eigenvalue weighted by Gasteiger charge is -2.08. The van der Waals surface area contributed by atoms with Gasteiger partial charge >= 0.3 is 0 Å². The minimum absolute atomic E-state index is 0.0840. The standard InChI is InChI=1S/C13H7BrClFN2O/c1-6-4-8(9(5-17)13(19)18-6)7-2-3-10(14)11(15)12(7)16/h2-4H,1H3,(H,18,19). The van der Waals surface area contributed by atoms with Crippen molar-refractivity contribution in [2.24, 2.45) is 0 Å². The van der Waals surface area contributed by atoms with Crippen LogP contribution in [0, 0.1) is 24.1 Å². The Morgan fingerprint density at radius 1 is 1.42 bits per heavy atom. The number of halogens is 3. The van der Waals surface area contributed by atoms with Crippen molar-refractivity contribution in [1.82, 2.24) is 4.98 Å². The Kier molecular flexibility index (Phi) is 3.74. The van der Waals surface area contributed by atoms with Crippen LogP contribution in [-0.4, -0.2) is 4.98 Å². The van der Waals surface area contributed by atoms with Gasteiger partial charge in [-0.05, 0) is 35.0 Å². The molecular weight excluding hydrogens is 335 g/mol. The fourth-order valence-electron chi connectivity index (χ4n) is 1.75. The Bertz CT molecular complexity index is 764. The minimum atomic E-state index is -0.669. The van der Waals surface area contributed by atoms with E-state index >= 15 is 0 Å². The lowest BCUT2D eigenvalue weighted by Crippen LogP contribution is -2.13. The van der Waals surface area contributed by atoms with E-state index in [4.69, 9.17) is 16.9 Å². The number of nitrogens with one attached hydrogen (secondary N) is 1. The van der Waals surface area contributed by atoms with E-state index in [1.807, 2.05) is 0 Å². The van der Waals surface area contributed by atoms with Crippen molar-refractivity contribution in [3.63, 3.8) is 0 Å². The van der Waals surface area contributed by atoms with Gasteiger partial charge in [-0.2, -0.15) is 5.26 Å². The van der Waals surface area contributed by atoms with Crippen molar-refractivity contribution < 1.29 is 4.39 Å². The zero-order chi connectivity index (χ0) is 14.2. The summed E-state index contributed by atoms with van der Waals surface area (Å²) in [5.41, 5.74) is 0.214. The quantitative estimate of drug-likeness (QED) is 0.803. The topological polar surface area (TPSA) is 56.6 Å². The van der Waals surface area contributed by atoms with Crippen molar-refractivity contribution >= 4 is 27.5 Å². The summed E-state index contributed by atoms with van der Waals surface area (Å²) in [7, 11) is 0. The highest BCUT2D eigenvalue weighted by Crippen LogP contribution is 2.33. The lowest BCUT2D eigenvalue weighted by molar-refractivity contribution is 0.631. The third-order valence-corrected chi connectivity index (χ3v) is 3.86. The van der Waals surface area contributed by atoms with Gasteiger partial charge in [0, 0.05) is 21.3 Å². The summed E-state index contributed by atoms with van der Waals surface area (Å²) >= 11 is 8.93. The van der Waals surface area contributed by atoms with Gasteiger partial charge < -0.3 is 4.98 Å². The summed E-state index contributed by atoms with van der Waals surface area (Å²) in [6.07, 6.45) is 0. The number of aromatic nitrogens is 1. The summed E-state index contributed by atoms with van der Waals surface area (Å²) in [5, 5.41) is 8.95. The first kappa shape index (κ1) is 13.8. The largest absolute Gasteiger partial charge is 0.325 e. The normalized spacial score (nSPS) is 10.3. The van der Waals surface area contributed by atoms with Gasteiger partial charge in [-0.3, -0.25) is 4.79 Å². The third kappa shape index (κ3) is 2.42. The minimum Gasteiger partial charge on any atom is -0.325 e. The fraction of sp³-hybridized carbons (Fsp3) is 0.0769. The number of nitrogens with zero attached hydrogens (tertiary/aromatic N) is 1. The molecule has 0 saturated carbocycles. The second-order valence-electron chi connectivity index (χ2n) is 3.90. The summed E-state index contributed by atoms with van der Waals surface area (Å²) in [6, 6.07) is 6.37. The molecule has 0 bridgehead atoms. The number of nitriles is 1. The monoisotopic (exact) mass is 340 g/mol. The Labute approximate surface area is 121 Å². The summed E-state index contributed by atoms with van der Waals surface area (Å²) in [5.74, 6) is -0.669. The van der Waals surface area contributed by atoms with E-state index in [-0.39, 0.29) is 21.7 Å². The molecule has 0 aliphatic rings. The van der Waals surface area contributed by atoms with Crippen molar-refractivity contribution in [3.8, 4) is 17.2 Å². The van der Waals surface area contributed by atoms with E-state index in [9.17, 15) is 9.18 Å². The molecule has 1 aromatic carbocycles. The Morgan fingerprint density at radius 3 is 2.74 bits per heavy atom. The molecule has 0 saturated heterocycles. The summed E-state index contributed by atoms with van der Waals surface area (Å²) in [4.78, 5) is 14.2. The van der Waals surface area contributed by atoms with Gasteiger partial charge in [0.2, 0.25) is 0 Å². The zero-order valence-corrected chi connectivity index (χ0v) is 12.1. The predicted molar refractivity (Wildman–Crippen MR) is 74.6 cm³/mol. The molecule has 19 heavy (non-hydrogen) atoms. The molecule has 0 atom stereocenters. The molecule has 1 aromatic heterocycles. The van der Waals surface area contributed by atoms with Crippen LogP contribution in [0.25, 0.3) is 11.1 Å². The average molecular weight is 342 g/mol. The van der Waals surface area contributed by atoms with E-state index in [2.05, 4.69) is 20.9 Å². The van der Waals surface area contributed by atoms with Crippen molar-refractivity contribution in [2.45, 2.75) is 6.92 Å². The van der Waals surface area contributed by atoms with Gasteiger partial charge in [0.25, 0.3) is 5.56 Å². The molecular formula is C13H7BrClFN2O. The van der Waals surface area contributed by atoms with E-state index in [0.29, 0.717) is 10.2 Å². The molecule has 0 aliphatic carbocycles. The van der Waals surface area contributed by atoms with Gasteiger partial charge in [0.05, 0.1) is 5.02 Å². The van der Waals surface area contributed by atoms with Crippen LogP contribution in [0.1, 0.15) is 11.3 Å². The SMILES string of the molecule is Cc1cc(-c2ccc(Br)c(Cl)c2F)c(C#N)c(=O)[nH]1. The molecule has 2 rings (SSSR count). The van der Waals surface area contributed by atoms with Crippen molar-refractivity contribution in [2.75, 3.05) is 0 Å². The van der Waals surface area contributed by atoms with E-state index in [0.717, 1.165) is 0 Å². The highest BCUT2D eigenvalue weighted by molar-refractivity contribution is 9.10. The van der Waals surface area contributed by atoms with Crippen LogP contribution >= 0.6 is 27.5 Å². The van der Waals surface area contributed by atoms with Gasteiger partial charge in [-0.1, -0.05) is 17.7 Å². The highest BCUT2D eigenvalue weighted by Gasteiger charge is 2.17. The van der Waals surface area contributed by atoms with E-state index < -0.39 is 11.4 Å². The zero-order valence-electron chi connectivity index (χ0n) is 9.72. The highest BCUT2D eigenvalue weighted by atomic mass is 79.9. The molecule has 0 aliphatic heterocycles. The molecule has 0 unspecified atom stereocenters. The van der Waals surface area contributed by atoms with Crippen LogP contribution in [0.5, 0.6) is 0 Å². The number of aromatic amines is 1. The molecule has 1 heterocycles. The van der Waals surface area contributed by atoms with E-state index in [1.165, 1.54) is 6.07 Å². The number of hydrogen-bond donors (Lipinski definition) is 1. The van der Waals surface area contributed by atoms with Crippen LogP contribution in [0.2, 0.25) is 5.02 Å². The number of pyridine rings is 1. The molecule has 0 spiro atoms. The van der Waals surface area contributed by atoms with Crippen LogP contribution in [0.15, 0.2) is 27.5 Å². The smallest absolute Gasteiger partial charge is 0.266 e. The number of rotatable bonds is 1. The fourth-order valence-corrected chi connectivity index (χ4v) is 2.22. The maximum Gasteiger partial charge on any atom is 0.266 e. The van der Waals surface area contributed by atoms with Crippen LogP contribution < -0.4 is 5.56 Å². The maximum atomic E-state index is 14.1.